The molecule has 0 aromatic carbocycles. The molecule has 1 aliphatic heterocycles. The maximum absolute atomic E-state index is 12.2. The van der Waals surface area contributed by atoms with Gasteiger partial charge in [0.25, 0.3) is 0 Å². The van der Waals surface area contributed by atoms with Crippen LogP contribution in [0, 0.1) is 0 Å². The third-order valence-electron chi connectivity index (χ3n) is 3.65. The van der Waals surface area contributed by atoms with E-state index in [0.29, 0.717) is 18.6 Å². The largest absolute Gasteiger partial charge is 0.368 e. The van der Waals surface area contributed by atoms with Crippen LogP contribution in [0.1, 0.15) is 52.4 Å². The maximum Gasteiger partial charge on any atom is 0.249 e. The number of rotatable bonds is 3. The summed E-state index contributed by atoms with van der Waals surface area (Å²) in [6, 6.07) is 0.706. The summed E-state index contributed by atoms with van der Waals surface area (Å²) < 4.78 is 0. The molecule has 0 atom stereocenters. The standard InChI is InChI=1S/C15H25N3O/c1-11(2)17-14-9-12(10-16-14)15(19)18-13-7-5-3-4-6-8-13/h9,11,13H,3-8,10H2,1-2H3,(H,16,17)(H,18,19). The van der Waals surface area contributed by atoms with Crippen molar-refractivity contribution in [1.82, 2.24) is 10.6 Å². The molecular formula is C15H25N3O. The Balaban J connectivity index is 1.84. The van der Waals surface area contributed by atoms with E-state index in [4.69, 9.17) is 0 Å². The van der Waals surface area contributed by atoms with Crippen molar-refractivity contribution in [2.75, 3.05) is 6.54 Å². The average Bonchev–Trinajstić information content (AvgIpc) is 2.66. The zero-order chi connectivity index (χ0) is 13.7. The molecule has 2 N–H and O–H groups in total. The van der Waals surface area contributed by atoms with Crippen LogP contribution in [0.5, 0.6) is 0 Å². The van der Waals surface area contributed by atoms with Crippen LogP contribution in [-0.4, -0.2) is 30.4 Å². The predicted octanol–water partition coefficient (Wildman–Crippen LogP) is 2.16. The van der Waals surface area contributed by atoms with Crippen LogP contribution in [0.15, 0.2) is 16.6 Å². The zero-order valence-corrected chi connectivity index (χ0v) is 12.0. The summed E-state index contributed by atoms with van der Waals surface area (Å²) in [6.07, 6.45) is 9.21. The molecule has 0 saturated heterocycles. The molecule has 4 nitrogen and oxygen atoms in total. The van der Waals surface area contributed by atoms with Gasteiger partial charge in [0, 0.05) is 17.7 Å². The van der Waals surface area contributed by atoms with Crippen molar-refractivity contribution < 1.29 is 4.79 Å². The molecule has 1 amide bonds. The molecule has 19 heavy (non-hydrogen) atoms. The van der Waals surface area contributed by atoms with Gasteiger partial charge < -0.3 is 10.6 Å². The summed E-state index contributed by atoms with van der Waals surface area (Å²) in [7, 11) is 0. The fourth-order valence-corrected chi connectivity index (χ4v) is 2.65. The highest BCUT2D eigenvalue weighted by Gasteiger charge is 2.20. The molecule has 0 radical (unpaired) electrons. The lowest BCUT2D eigenvalue weighted by Crippen LogP contribution is -2.35. The molecule has 2 aliphatic rings. The number of carbonyl (C=O) groups is 1. The van der Waals surface area contributed by atoms with E-state index in [-0.39, 0.29) is 5.91 Å². The van der Waals surface area contributed by atoms with Crippen LogP contribution in [-0.2, 0) is 4.79 Å². The summed E-state index contributed by atoms with van der Waals surface area (Å²) in [5.41, 5.74) is 0.785. The van der Waals surface area contributed by atoms with Crippen LogP contribution in [0.3, 0.4) is 0 Å². The Labute approximate surface area is 115 Å². The van der Waals surface area contributed by atoms with Crippen molar-refractivity contribution in [2.45, 2.75) is 64.5 Å². The SMILES string of the molecule is CC(C)NC1=NCC(C(=O)NC2CCCCCC2)=C1. The first-order valence-corrected chi connectivity index (χ1v) is 7.47. The van der Waals surface area contributed by atoms with E-state index in [0.717, 1.165) is 24.3 Å². The molecule has 1 heterocycles. The second-order valence-electron chi connectivity index (χ2n) is 5.83. The number of nitrogens with one attached hydrogen (secondary N) is 2. The normalized spacial score (nSPS) is 20.8. The highest BCUT2D eigenvalue weighted by atomic mass is 16.1. The van der Waals surface area contributed by atoms with Gasteiger partial charge in [-0.05, 0) is 32.8 Å². The summed E-state index contributed by atoms with van der Waals surface area (Å²) in [5, 5.41) is 6.40. The minimum atomic E-state index is 0.0659. The van der Waals surface area contributed by atoms with Crippen molar-refractivity contribution >= 4 is 11.7 Å². The van der Waals surface area contributed by atoms with Gasteiger partial charge in [-0.2, -0.15) is 0 Å². The van der Waals surface area contributed by atoms with E-state index in [1.807, 2.05) is 6.08 Å². The Hall–Kier alpha value is -1.32. The summed E-state index contributed by atoms with van der Waals surface area (Å²) >= 11 is 0. The van der Waals surface area contributed by atoms with E-state index in [1.165, 1.54) is 25.7 Å². The van der Waals surface area contributed by atoms with E-state index in [2.05, 4.69) is 29.5 Å². The van der Waals surface area contributed by atoms with Crippen LogP contribution in [0.4, 0.5) is 0 Å². The number of hydrogen-bond donors (Lipinski definition) is 2. The van der Waals surface area contributed by atoms with Crippen molar-refractivity contribution in [2.24, 2.45) is 4.99 Å². The number of amidine groups is 1. The van der Waals surface area contributed by atoms with Crippen molar-refractivity contribution in [1.29, 1.82) is 0 Å². The lowest BCUT2D eigenvalue weighted by Gasteiger charge is -2.16. The Morgan fingerprint density at radius 2 is 1.95 bits per heavy atom. The molecule has 106 valence electrons. The minimum Gasteiger partial charge on any atom is -0.368 e. The molecule has 0 aromatic rings. The zero-order valence-electron chi connectivity index (χ0n) is 12.0. The van der Waals surface area contributed by atoms with E-state index >= 15 is 0 Å². The lowest BCUT2D eigenvalue weighted by molar-refractivity contribution is -0.118. The number of nitrogens with zero attached hydrogens (tertiary/aromatic N) is 1. The van der Waals surface area contributed by atoms with Gasteiger partial charge in [-0.1, -0.05) is 25.7 Å². The summed E-state index contributed by atoms with van der Waals surface area (Å²) in [5.74, 6) is 0.900. The molecule has 0 aromatic heterocycles. The van der Waals surface area contributed by atoms with Crippen LogP contribution >= 0.6 is 0 Å². The van der Waals surface area contributed by atoms with E-state index in [1.54, 1.807) is 0 Å². The van der Waals surface area contributed by atoms with Crippen molar-refractivity contribution in [3.05, 3.63) is 11.6 Å². The van der Waals surface area contributed by atoms with Gasteiger partial charge in [0.15, 0.2) is 0 Å². The smallest absolute Gasteiger partial charge is 0.249 e. The Morgan fingerprint density at radius 3 is 2.58 bits per heavy atom. The minimum absolute atomic E-state index is 0.0659. The Kier molecular flexibility index (Phi) is 5.00. The molecule has 1 fully saturated rings. The predicted molar refractivity (Wildman–Crippen MR) is 78.3 cm³/mol. The average molecular weight is 263 g/mol. The second kappa shape index (κ2) is 6.73. The highest BCUT2D eigenvalue weighted by molar-refractivity contribution is 6.06. The van der Waals surface area contributed by atoms with Gasteiger partial charge in [-0.25, -0.2) is 0 Å². The summed E-state index contributed by atoms with van der Waals surface area (Å²) in [6.45, 7) is 4.65. The van der Waals surface area contributed by atoms with Crippen LogP contribution < -0.4 is 10.6 Å². The van der Waals surface area contributed by atoms with Gasteiger partial charge in [-0.3, -0.25) is 9.79 Å². The van der Waals surface area contributed by atoms with E-state index in [9.17, 15) is 4.79 Å². The summed E-state index contributed by atoms with van der Waals surface area (Å²) in [4.78, 5) is 16.5. The molecular weight excluding hydrogens is 238 g/mol. The number of carbonyl (C=O) groups excluding carboxylic acids is 1. The maximum atomic E-state index is 12.2. The van der Waals surface area contributed by atoms with Crippen molar-refractivity contribution in [3.63, 3.8) is 0 Å². The molecule has 2 rings (SSSR count). The highest BCUT2D eigenvalue weighted by Crippen LogP contribution is 2.18. The molecule has 0 unspecified atom stereocenters. The first-order chi connectivity index (χ1) is 9.15. The third kappa shape index (κ3) is 4.37. The van der Waals surface area contributed by atoms with Gasteiger partial charge in [0.2, 0.25) is 5.91 Å². The van der Waals surface area contributed by atoms with Gasteiger partial charge in [0.05, 0.1) is 6.54 Å². The van der Waals surface area contributed by atoms with Gasteiger partial charge in [-0.15, -0.1) is 0 Å². The first kappa shape index (κ1) is 14.1. The molecule has 0 bridgehead atoms. The van der Waals surface area contributed by atoms with Gasteiger partial charge in [0.1, 0.15) is 5.84 Å². The number of aliphatic imine (C=N–C) groups is 1. The van der Waals surface area contributed by atoms with Crippen molar-refractivity contribution in [3.8, 4) is 0 Å². The van der Waals surface area contributed by atoms with Crippen LogP contribution in [0.25, 0.3) is 0 Å². The van der Waals surface area contributed by atoms with E-state index < -0.39 is 0 Å². The first-order valence-electron chi connectivity index (χ1n) is 7.47. The number of hydrogen-bond acceptors (Lipinski definition) is 3. The second-order valence-corrected chi connectivity index (χ2v) is 5.83. The molecule has 1 saturated carbocycles. The Morgan fingerprint density at radius 1 is 1.26 bits per heavy atom. The Bertz CT molecular complexity index is 377. The van der Waals surface area contributed by atoms with Gasteiger partial charge >= 0.3 is 0 Å². The fourth-order valence-electron chi connectivity index (χ4n) is 2.65. The topological polar surface area (TPSA) is 53.5 Å². The monoisotopic (exact) mass is 263 g/mol. The molecule has 0 spiro atoms. The fraction of sp³-hybridized carbons (Fsp3) is 0.733. The molecule has 4 heteroatoms. The lowest BCUT2D eigenvalue weighted by atomic mass is 10.1. The number of amides is 1. The third-order valence-corrected chi connectivity index (χ3v) is 3.65. The molecule has 1 aliphatic carbocycles. The van der Waals surface area contributed by atoms with Crippen LogP contribution in [0.2, 0.25) is 0 Å². The quantitative estimate of drug-likeness (QED) is 0.767.